The molecule has 0 saturated carbocycles. The van der Waals surface area contributed by atoms with Crippen molar-refractivity contribution in [2.24, 2.45) is 0 Å². The smallest absolute Gasteiger partial charge is 0 e. The van der Waals surface area contributed by atoms with E-state index in [9.17, 15) is 0 Å². The first-order valence-corrected chi connectivity index (χ1v) is 13.2. The minimum absolute atomic E-state index is 0. The van der Waals surface area contributed by atoms with Crippen molar-refractivity contribution in [3.05, 3.63) is 0 Å². The predicted octanol–water partition coefficient (Wildman–Crippen LogP) is -8.43. The molecule has 110 valence electrons. The van der Waals surface area contributed by atoms with Crippen LogP contribution in [0, 0.1) is 0 Å². The van der Waals surface area contributed by atoms with Crippen molar-refractivity contribution >= 4 is 7.82 Å². The van der Waals surface area contributed by atoms with Gasteiger partial charge in [-0.2, -0.15) is 0 Å². The van der Waals surface area contributed by atoms with Crippen molar-refractivity contribution < 1.29 is 136 Å². The van der Waals surface area contributed by atoms with Crippen molar-refractivity contribution in [1.29, 1.82) is 0 Å². The second-order valence-corrected chi connectivity index (χ2v) is 5.98. The third-order valence-corrected chi connectivity index (χ3v) is 0. The maximum atomic E-state index is 8.88. The Bertz CT molecular complexity index is 219. The van der Waals surface area contributed by atoms with E-state index in [1.165, 1.54) is 0 Å². The molecule has 0 amide bonds. The fourth-order valence-corrected chi connectivity index (χ4v) is 0. The molecule has 0 rings (SSSR count). The zero-order valence-electron chi connectivity index (χ0n) is 7.78. The number of phosphoric acid groups is 1. The molecule has 13 nitrogen and oxygen atoms in total. The molecule has 18 heteroatoms. The Hall–Kier alpha value is 2.61. The minimum atomic E-state index is -4.64. The first-order chi connectivity index (χ1) is 7.20. The molecule has 0 aliphatic rings. The summed E-state index contributed by atoms with van der Waals surface area (Å²) in [6, 6.07) is 0. The molecule has 0 aliphatic heterocycles. The topological polar surface area (TPSA) is 267 Å². The van der Waals surface area contributed by atoms with E-state index in [4.69, 9.17) is 46.8 Å². The van der Waals surface area contributed by atoms with Crippen LogP contribution in [0.5, 0.6) is 0 Å². The molecule has 0 saturated heterocycles. The van der Waals surface area contributed by atoms with Gasteiger partial charge in [0.15, 0.2) is 0 Å². The Kier molecular flexibility index (Phi) is 39.6. The van der Waals surface area contributed by atoms with Crippen LogP contribution in [-0.2, 0) is 102 Å². The average Bonchev–Trinajstić information content (AvgIpc) is 1.73. The summed E-state index contributed by atoms with van der Waals surface area (Å²) in [7, 11) is -4.64. The first kappa shape index (κ1) is 32.5. The molecule has 0 unspecified atom stereocenters. The van der Waals surface area contributed by atoms with E-state index in [0.717, 1.165) is 0 Å². The van der Waals surface area contributed by atoms with Gasteiger partial charge in [0.1, 0.15) is 0 Å². The average molecular weight is 699 g/mol. The van der Waals surface area contributed by atoms with Crippen LogP contribution in [0.15, 0.2) is 0 Å². The van der Waals surface area contributed by atoms with Gasteiger partial charge in [-0.05, 0) is 0 Å². The Morgan fingerprint density at radius 3 is 0.667 bits per heavy atom. The van der Waals surface area contributed by atoms with Gasteiger partial charge in [0.2, 0.25) is 0 Å². The fraction of sp³-hybridized carbons (Fsp3) is 0. The van der Waals surface area contributed by atoms with Crippen LogP contribution in [0.2, 0.25) is 0 Å². The molecule has 0 bridgehead atoms. The van der Waals surface area contributed by atoms with E-state index < -0.39 is 75.7 Å². The second-order valence-electron chi connectivity index (χ2n) is 1.26. The van der Waals surface area contributed by atoms with Crippen molar-refractivity contribution in [3.8, 4) is 0 Å². The summed E-state index contributed by atoms with van der Waals surface area (Å²) < 4.78 is 86.4. The van der Waals surface area contributed by atoms with Crippen LogP contribution in [0.4, 0.5) is 0 Å². The van der Waals surface area contributed by atoms with Crippen molar-refractivity contribution in [1.82, 2.24) is 0 Å². The van der Waals surface area contributed by atoms with Crippen LogP contribution >= 0.6 is 7.82 Å². The Morgan fingerprint density at radius 2 is 0.667 bits per heavy atom. The van der Waals surface area contributed by atoms with E-state index in [0.29, 0.717) is 0 Å². The summed E-state index contributed by atoms with van der Waals surface area (Å²) in [5.74, 6) is 0. The van der Waals surface area contributed by atoms with Gasteiger partial charge in [-0.3, -0.25) is 0 Å². The molecule has 0 atom stereocenters. The minimum Gasteiger partial charge on any atom is 0 e. The van der Waals surface area contributed by atoms with E-state index in [1.54, 1.807) is 0 Å². The first-order valence-electron chi connectivity index (χ1n) is 2.62. The zero-order chi connectivity index (χ0) is 15.2. The summed E-state index contributed by atoms with van der Waals surface area (Å²) in [4.78, 5) is 21.6. The standard InChI is InChI=1S/H3O4P.9O.W.3Zr/c1-5(2,3)4;;;;;;;;;;;;;/h(H3,1,2,3,4);;;;;;;;;;;;;/q;;;;6*-1;;;;. The van der Waals surface area contributed by atoms with Crippen LogP contribution < -0.4 is 19.1 Å². The molecular weight excluding hydrogens is 696 g/mol. The molecule has 18 heavy (non-hydrogen) atoms. The monoisotopic (exact) mass is 696 g/mol. The fourth-order valence-electron chi connectivity index (χ4n) is 0. The maximum Gasteiger partial charge on any atom is 0 e. The number of hydrogen-bond acceptors (Lipinski definition) is 10. The zero-order valence-corrected chi connectivity index (χ0v) is 19.0. The molecular formula is H3O13PWZr3-6. The van der Waals surface area contributed by atoms with Gasteiger partial charge < -0.3 is 14.7 Å². The molecule has 0 aliphatic carbocycles. The Morgan fingerprint density at radius 1 is 0.667 bits per heavy atom. The third-order valence-electron chi connectivity index (χ3n) is 0. The van der Waals surface area contributed by atoms with Gasteiger partial charge in [0, 0.05) is 21.1 Å². The van der Waals surface area contributed by atoms with Gasteiger partial charge in [0.05, 0.1) is 0 Å². The Labute approximate surface area is 141 Å². The normalized spacial score (nSPS) is 7.61. The summed E-state index contributed by atoms with van der Waals surface area (Å²) in [5.41, 5.74) is 0. The van der Waals surface area contributed by atoms with E-state index in [2.05, 4.69) is 0 Å². The largest absolute Gasteiger partial charge is 0 e. The Balaban J connectivity index is -0.0000000412. The predicted molar refractivity (Wildman–Crippen MR) is 16.3 cm³/mol. The van der Waals surface area contributed by atoms with Crippen LogP contribution in [0.3, 0.4) is 0 Å². The van der Waals surface area contributed by atoms with Gasteiger partial charge in [-0.15, -0.1) is 0 Å². The maximum absolute atomic E-state index is 8.88. The molecule has 0 spiro atoms. The van der Waals surface area contributed by atoms with Gasteiger partial charge >= 0.3 is 103 Å². The van der Waals surface area contributed by atoms with Crippen molar-refractivity contribution in [2.75, 3.05) is 0 Å². The van der Waals surface area contributed by atoms with Crippen LogP contribution in [0.25, 0.3) is 0 Å². The molecule has 0 heterocycles. The van der Waals surface area contributed by atoms with E-state index in [1.807, 2.05) is 0 Å². The number of hydrogen-bond donors (Lipinski definition) is 3. The molecule has 0 radical (unpaired) electrons. The SMILES string of the molecule is O=P(O)(O)O.[O]=[Zr]([O-])[O-].[O]=[Zr]([O-])[O-].[O]=[Zr]([O-])[O-].[W]. The number of rotatable bonds is 0. The van der Waals surface area contributed by atoms with Crippen LogP contribution in [-0.4, -0.2) is 14.7 Å². The van der Waals surface area contributed by atoms with Gasteiger partial charge in [-0.1, -0.05) is 0 Å². The third kappa shape index (κ3) is 848. The van der Waals surface area contributed by atoms with Crippen LogP contribution in [0.1, 0.15) is 0 Å². The quantitative estimate of drug-likeness (QED) is 0.199. The summed E-state index contributed by atoms with van der Waals surface area (Å²) in [6.45, 7) is 0. The summed E-state index contributed by atoms with van der Waals surface area (Å²) >= 11 is -12.9. The summed E-state index contributed by atoms with van der Waals surface area (Å²) in [5, 5.41) is 0. The van der Waals surface area contributed by atoms with Crippen molar-refractivity contribution in [2.45, 2.75) is 0 Å². The van der Waals surface area contributed by atoms with Crippen molar-refractivity contribution in [3.63, 3.8) is 0 Å². The van der Waals surface area contributed by atoms with E-state index in [-0.39, 0.29) is 21.1 Å². The van der Waals surface area contributed by atoms with Gasteiger partial charge in [0.25, 0.3) is 0 Å². The second kappa shape index (κ2) is 21.9. The summed E-state index contributed by atoms with van der Waals surface area (Å²) in [6.07, 6.45) is 0. The molecule has 0 fully saturated rings. The molecule has 3 N–H and O–H groups in total. The van der Waals surface area contributed by atoms with E-state index >= 15 is 0 Å². The molecule has 0 aromatic heterocycles. The molecule has 0 aromatic rings. The molecule has 0 aromatic carbocycles. The van der Waals surface area contributed by atoms with Gasteiger partial charge in [-0.25, -0.2) is 4.57 Å².